The summed E-state index contributed by atoms with van der Waals surface area (Å²) in [6, 6.07) is 7.89. The number of ether oxygens (including phenoxy) is 2. The number of aromatic nitrogens is 3. The van der Waals surface area contributed by atoms with Crippen LogP contribution in [0.25, 0.3) is 0 Å². The highest BCUT2D eigenvalue weighted by molar-refractivity contribution is 6.02. The van der Waals surface area contributed by atoms with E-state index in [9.17, 15) is 4.79 Å². The molecule has 9 heteroatoms. The normalized spacial score (nSPS) is 24.0. The van der Waals surface area contributed by atoms with Crippen molar-refractivity contribution in [2.24, 2.45) is 5.73 Å². The Morgan fingerprint density at radius 3 is 2.63 bits per heavy atom. The van der Waals surface area contributed by atoms with Gasteiger partial charge in [0.1, 0.15) is 12.4 Å². The fraction of sp³-hybridized carbons (Fsp3) is 0.571. The second-order valence-electron chi connectivity index (χ2n) is 7.93. The third-order valence-electron chi connectivity index (χ3n) is 5.68. The molecule has 3 N–H and O–H groups in total. The molecule has 1 atom stereocenters. The number of rotatable bonds is 6. The van der Waals surface area contributed by atoms with Crippen LogP contribution in [0.2, 0.25) is 0 Å². The van der Waals surface area contributed by atoms with Crippen molar-refractivity contribution >= 4 is 24.0 Å². The lowest BCUT2D eigenvalue weighted by molar-refractivity contribution is -0.0110. The number of hydrogen-bond donors (Lipinski definition) is 2. The average molecular weight is 436 g/mol. The Morgan fingerprint density at radius 2 is 1.93 bits per heavy atom. The number of halogens is 1. The van der Waals surface area contributed by atoms with Crippen LogP contribution in [-0.4, -0.2) is 46.3 Å². The van der Waals surface area contributed by atoms with E-state index in [0.29, 0.717) is 18.0 Å². The Kier molecular flexibility index (Phi) is 8.07. The number of nitrogens with zero attached hydrogens (tertiary/aromatic N) is 3. The predicted molar refractivity (Wildman–Crippen MR) is 116 cm³/mol. The van der Waals surface area contributed by atoms with E-state index >= 15 is 0 Å². The fourth-order valence-corrected chi connectivity index (χ4v) is 3.88. The Labute approximate surface area is 182 Å². The van der Waals surface area contributed by atoms with Crippen molar-refractivity contribution < 1.29 is 14.3 Å². The van der Waals surface area contributed by atoms with Crippen molar-refractivity contribution in [2.75, 3.05) is 18.5 Å². The maximum absolute atomic E-state index is 12.5. The second-order valence-corrected chi connectivity index (χ2v) is 7.93. The molecule has 2 aromatic rings. The molecule has 1 unspecified atom stereocenters. The molecule has 1 saturated carbocycles. The minimum Gasteiger partial charge on any atom is -0.491 e. The molecule has 2 heterocycles. The van der Waals surface area contributed by atoms with Crippen molar-refractivity contribution in [1.82, 2.24) is 15.0 Å². The summed E-state index contributed by atoms with van der Waals surface area (Å²) in [5.74, 6) is 0.492. The molecule has 1 aliphatic carbocycles. The van der Waals surface area contributed by atoms with Gasteiger partial charge in [-0.1, -0.05) is 5.21 Å². The van der Waals surface area contributed by atoms with Gasteiger partial charge in [0.25, 0.3) is 5.91 Å². The SMILES string of the molecule is Cl.NC1CCC(n2cc(C(=O)Nc3ccc(OCC4CCCCO4)cc3)nn2)CC1. The standard InChI is InChI=1S/C21H29N5O3.ClH/c22-15-4-8-17(9-5-15)26-13-20(24-25-26)21(27)23-16-6-10-18(11-7-16)29-14-19-3-1-2-12-28-19;/h6-7,10-11,13,15,17,19H,1-5,8-9,12,14,22H2,(H,23,27);1H. The molecule has 0 radical (unpaired) electrons. The largest absolute Gasteiger partial charge is 0.491 e. The van der Waals surface area contributed by atoms with E-state index in [0.717, 1.165) is 50.9 Å². The summed E-state index contributed by atoms with van der Waals surface area (Å²) in [6.45, 7) is 1.37. The lowest BCUT2D eigenvalue weighted by atomic mass is 9.92. The second kappa shape index (κ2) is 10.7. The first-order chi connectivity index (χ1) is 14.2. The predicted octanol–water partition coefficient (Wildman–Crippen LogP) is 3.34. The highest BCUT2D eigenvalue weighted by Crippen LogP contribution is 2.27. The zero-order chi connectivity index (χ0) is 20.1. The van der Waals surface area contributed by atoms with Crippen molar-refractivity contribution in [2.45, 2.75) is 63.1 Å². The third-order valence-corrected chi connectivity index (χ3v) is 5.68. The first kappa shape index (κ1) is 22.5. The zero-order valence-electron chi connectivity index (χ0n) is 17.0. The summed E-state index contributed by atoms with van der Waals surface area (Å²) in [4.78, 5) is 12.5. The first-order valence-electron chi connectivity index (χ1n) is 10.5. The molecule has 4 rings (SSSR count). The highest BCUT2D eigenvalue weighted by atomic mass is 35.5. The van der Waals surface area contributed by atoms with Gasteiger partial charge in [-0.3, -0.25) is 4.79 Å². The molecule has 164 valence electrons. The number of benzene rings is 1. The van der Waals surface area contributed by atoms with Crippen LogP contribution in [0.4, 0.5) is 5.69 Å². The Balaban J connectivity index is 0.00000256. The summed E-state index contributed by atoms with van der Waals surface area (Å²) in [5, 5.41) is 11.0. The van der Waals surface area contributed by atoms with Crippen LogP contribution in [0, 0.1) is 0 Å². The monoisotopic (exact) mass is 435 g/mol. The van der Waals surface area contributed by atoms with Gasteiger partial charge < -0.3 is 20.5 Å². The lowest BCUT2D eigenvalue weighted by Crippen LogP contribution is -2.28. The first-order valence-corrected chi connectivity index (χ1v) is 10.5. The molecule has 2 aliphatic rings. The van der Waals surface area contributed by atoms with Crippen molar-refractivity contribution in [3.05, 3.63) is 36.2 Å². The summed E-state index contributed by atoms with van der Waals surface area (Å²) in [5.41, 5.74) is 6.96. The smallest absolute Gasteiger partial charge is 0.277 e. The van der Waals surface area contributed by atoms with Gasteiger partial charge >= 0.3 is 0 Å². The maximum Gasteiger partial charge on any atom is 0.277 e. The van der Waals surface area contributed by atoms with Crippen LogP contribution in [0.3, 0.4) is 0 Å². The number of nitrogens with one attached hydrogen (secondary N) is 1. The fourth-order valence-electron chi connectivity index (χ4n) is 3.88. The maximum atomic E-state index is 12.5. The van der Waals surface area contributed by atoms with Crippen LogP contribution in [0.1, 0.15) is 61.5 Å². The minimum absolute atomic E-state index is 0. The number of hydrogen-bond acceptors (Lipinski definition) is 6. The Bertz CT molecular complexity index is 799. The molecule has 1 aromatic carbocycles. The van der Waals surface area contributed by atoms with Crippen LogP contribution in [0.5, 0.6) is 5.75 Å². The van der Waals surface area contributed by atoms with Gasteiger partial charge in [-0.2, -0.15) is 0 Å². The average Bonchev–Trinajstić information content (AvgIpc) is 3.25. The summed E-state index contributed by atoms with van der Waals surface area (Å²) in [7, 11) is 0. The topological polar surface area (TPSA) is 104 Å². The summed E-state index contributed by atoms with van der Waals surface area (Å²) >= 11 is 0. The van der Waals surface area contributed by atoms with Gasteiger partial charge in [0.2, 0.25) is 0 Å². The molecule has 0 spiro atoms. The number of carbonyl (C=O) groups excluding carboxylic acids is 1. The van der Waals surface area contributed by atoms with Gasteiger partial charge in [-0.15, -0.1) is 17.5 Å². The van der Waals surface area contributed by atoms with E-state index in [1.54, 1.807) is 10.9 Å². The number of anilines is 1. The van der Waals surface area contributed by atoms with Gasteiger partial charge in [-0.25, -0.2) is 4.68 Å². The minimum atomic E-state index is -0.270. The Hall–Kier alpha value is -2.16. The third kappa shape index (κ3) is 5.93. The molecule has 1 saturated heterocycles. The highest BCUT2D eigenvalue weighted by Gasteiger charge is 2.22. The molecule has 8 nitrogen and oxygen atoms in total. The molecule has 1 aliphatic heterocycles. The molecule has 1 amide bonds. The zero-order valence-corrected chi connectivity index (χ0v) is 17.9. The lowest BCUT2D eigenvalue weighted by Gasteiger charge is -2.25. The van der Waals surface area contributed by atoms with E-state index in [-0.39, 0.29) is 36.5 Å². The quantitative estimate of drug-likeness (QED) is 0.721. The van der Waals surface area contributed by atoms with Crippen LogP contribution in [0.15, 0.2) is 30.5 Å². The number of amides is 1. The van der Waals surface area contributed by atoms with Gasteiger partial charge in [0, 0.05) is 18.3 Å². The van der Waals surface area contributed by atoms with Crippen LogP contribution >= 0.6 is 12.4 Å². The van der Waals surface area contributed by atoms with Crippen molar-refractivity contribution in [3.63, 3.8) is 0 Å². The van der Waals surface area contributed by atoms with Crippen molar-refractivity contribution in [3.8, 4) is 5.75 Å². The van der Waals surface area contributed by atoms with Crippen LogP contribution < -0.4 is 15.8 Å². The van der Waals surface area contributed by atoms with Crippen molar-refractivity contribution in [1.29, 1.82) is 0 Å². The van der Waals surface area contributed by atoms with E-state index in [1.807, 2.05) is 24.3 Å². The van der Waals surface area contributed by atoms with E-state index in [4.69, 9.17) is 15.2 Å². The molecular formula is C21H30ClN5O3. The van der Waals surface area contributed by atoms with Gasteiger partial charge in [0.05, 0.1) is 18.3 Å². The van der Waals surface area contributed by atoms with E-state index < -0.39 is 0 Å². The van der Waals surface area contributed by atoms with Gasteiger partial charge in [0.15, 0.2) is 5.69 Å². The molecular weight excluding hydrogens is 406 g/mol. The number of carbonyl (C=O) groups is 1. The van der Waals surface area contributed by atoms with E-state index in [2.05, 4.69) is 15.6 Å². The van der Waals surface area contributed by atoms with Crippen LogP contribution in [-0.2, 0) is 4.74 Å². The molecule has 1 aromatic heterocycles. The van der Waals surface area contributed by atoms with Gasteiger partial charge in [-0.05, 0) is 69.2 Å². The number of nitrogens with two attached hydrogens (primary N) is 1. The molecule has 2 fully saturated rings. The molecule has 0 bridgehead atoms. The Morgan fingerprint density at radius 1 is 1.17 bits per heavy atom. The molecule has 30 heavy (non-hydrogen) atoms. The summed E-state index contributed by atoms with van der Waals surface area (Å²) < 4.78 is 13.3. The summed E-state index contributed by atoms with van der Waals surface area (Å²) in [6.07, 6.45) is 9.16. The van der Waals surface area contributed by atoms with E-state index in [1.165, 1.54) is 6.42 Å².